The van der Waals surface area contributed by atoms with E-state index in [1.54, 1.807) is 12.1 Å². The molecule has 0 aliphatic heterocycles. The van der Waals surface area contributed by atoms with Crippen molar-refractivity contribution >= 4 is 33.9 Å². The van der Waals surface area contributed by atoms with Gasteiger partial charge in [0.2, 0.25) is 5.91 Å². The Morgan fingerprint density at radius 2 is 2.04 bits per heavy atom. The highest BCUT2D eigenvalue weighted by molar-refractivity contribution is 9.10. The molecule has 7 heteroatoms. The minimum Gasteiger partial charge on any atom is -0.469 e. The highest BCUT2D eigenvalue weighted by atomic mass is 79.9. The van der Waals surface area contributed by atoms with Crippen LogP contribution in [0.25, 0.3) is 6.08 Å². The first-order valence-electron chi connectivity index (χ1n) is 6.95. The fraction of sp³-hybridized carbons (Fsp3) is 0.375. The summed E-state index contributed by atoms with van der Waals surface area (Å²) in [5, 5.41) is 0. The van der Waals surface area contributed by atoms with Gasteiger partial charge in [-0.05, 0) is 24.3 Å². The molecule has 0 spiro atoms. The van der Waals surface area contributed by atoms with Gasteiger partial charge in [0.05, 0.1) is 20.1 Å². The molecule has 0 heterocycles. The summed E-state index contributed by atoms with van der Waals surface area (Å²) in [6.45, 7) is 0.879. The Bertz CT molecular complexity index is 577. The van der Waals surface area contributed by atoms with E-state index in [4.69, 9.17) is 4.74 Å². The van der Waals surface area contributed by atoms with Crippen LogP contribution in [-0.2, 0) is 19.1 Å². The molecule has 0 aliphatic rings. The summed E-state index contributed by atoms with van der Waals surface area (Å²) in [5.74, 6) is -1.15. The summed E-state index contributed by atoms with van der Waals surface area (Å²) in [6, 6.07) is 4.47. The van der Waals surface area contributed by atoms with Crippen LogP contribution in [0.3, 0.4) is 0 Å². The van der Waals surface area contributed by atoms with Gasteiger partial charge >= 0.3 is 5.97 Å². The molecule has 0 N–H and O–H groups in total. The molecule has 0 fully saturated rings. The monoisotopic (exact) mass is 387 g/mol. The summed E-state index contributed by atoms with van der Waals surface area (Å²) in [5.41, 5.74) is 0.299. The van der Waals surface area contributed by atoms with Gasteiger partial charge in [-0.25, -0.2) is 4.39 Å². The fourth-order valence-electron chi connectivity index (χ4n) is 1.77. The molecule has 126 valence electrons. The average Bonchev–Trinajstić information content (AvgIpc) is 2.55. The molecular formula is C16H19BrFNO4. The predicted molar refractivity (Wildman–Crippen MR) is 88.2 cm³/mol. The number of hydrogen-bond acceptors (Lipinski definition) is 4. The first-order valence-corrected chi connectivity index (χ1v) is 7.75. The van der Waals surface area contributed by atoms with E-state index in [-0.39, 0.29) is 18.9 Å². The van der Waals surface area contributed by atoms with Crippen LogP contribution in [-0.4, -0.2) is 50.7 Å². The molecule has 23 heavy (non-hydrogen) atoms. The number of benzene rings is 1. The van der Waals surface area contributed by atoms with E-state index in [2.05, 4.69) is 20.7 Å². The molecule has 1 amide bonds. The van der Waals surface area contributed by atoms with Crippen molar-refractivity contribution in [3.63, 3.8) is 0 Å². The smallest absolute Gasteiger partial charge is 0.307 e. The van der Waals surface area contributed by atoms with E-state index >= 15 is 0 Å². The molecule has 5 nitrogen and oxygen atoms in total. The summed E-state index contributed by atoms with van der Waals surface area (Å²) >= 11 is 3.25. The molecule has 0 saturated carbocycles. The highest BCUT2D eigenvalue weighted by Crippen LogP contribution is 2.16. The van der Waals surface area contributed by atoms with Crippen molar-refractivity contribution in [2.45, 2.75) is 6.42 Å². The van der Waals surface area contributed by atoms with E-state index in [0.717, 1.165) is 0 Å². The molecule has 0 radical (unpaired) electrons. The number of methoxy groups -OCH3 is 2. The zero-order chi connectivity index (χ0) is 17.2. The van der Waals surface area contributed by atoms with Crippen molar-refractivity contribution in [3.8, 4) is 0 Å². The summed E-state index contributed by atoms with van der Waals surface area (Å²) < 4.78 is 23.9. The van der Waals surface area contributed by atoms with Gasteiger partial charge in [0.25, 0.3) is 0 Å². The number of ether oxygens (including phenoxy) is 2. The number of halogens is 2. The Morgan fingerprint density at radius 3 is 2.70 bits per heavy atom. The minimum absolute atomic E-state index is 0.0883. The van der Waals surface area contributed by atoms with Crippen LogP contribution >= 0.6 is 15.9 Å². The largest absolute Gasteiger partial charge is 0.469 e. The Morgan fingerprint density at radius 1 is 1.30 bits per heavy atom. The normalized spacial score (nSPS) is 10.8. The lowest BCUT2D eigenvalue weighted by molar-refractivity contribution is -0.141. The summed E-state index contributed by atoms with van der Waals surface area (Å²) in [4.78, 5) is 24.9. The first-order chi connectivity index (χ1) is 11.0. The Balaban J connectivity index is 2.76. The van der Waals surface area contributed by atoms with Gasteiger partial charge in [0.15, 0.2) is 0 Å². The Hall–Kier alpha value is -1.73. The van der Waals surface area contributed by atoms with Crippen LogP contribution in [0.15, 0.2) is 28.7 Å². The highest BCUT2D eigenvalue weighted by Gasteiger charge is 2.13. The van der Waals surface area contributed by atoms with Gasteiger partial charge in [-0.15, -0.1) is 0 Å². The maximum Gasteiger partial charge on any atom is 0.307 e. The summed E-state index contributed by atoms with van der Waals surface area (Å²) in [7, 11) is 2.81. The maximum atomic E-state index is 13.6. The van der Waals surface area contributed by atoms with E-state index in [1.807, 2.05) is 0 Å². The van der Waals surface area contributed by atoms with Crippen molar-refractivity contribution in [2.75, 3.05) is 33.9 Å². The molecule has 1 aromatic carbocycles. The number of carbonyl (C=O) groups is 2. The third-order valence-electron chi connectivity index (χ3n) is 3.05. The predicted octanol–water partition coefficient (Wildman–Crippen LogP) is 2.64. The van der Waals surface area contributed by atoms with Crippen molar-refractivity contribution < 1.29 is 23.5 Å². The lowest BCUT2D eigenvalue weighted by atomic mass is 10.2. The van der Waals surface area contributed by atoms with Gasteiger partial charge in [0.1, 0.15) is 5.82 Å². The van der Waals surface area contributed by atoms with Gasteiger partial charge in [-0.3, -0.25) is 9.59 Å². The third-order valence-corrected chi connectivity index (χ3v) is 3.55. The Kier molecular flexibility index (Phi) is 8.50. The zero-order valence-corrected chi connectivity index (χ0v) is 14.6. The van der Waals surface area contributed by atoms with Gasteiger partial charge < -0.3 is 14.4 Å². The fourth-order valence-corrected chi connectivity index (χ4v) is 2.15. The van der Waals surface area contributed by atoms with Crippen LogP contribution in [0.1, 0.15) is 12.0 Å². The third kappa shape index (κ3) is 6.92. The summed E-state index contributed by atoms with van der Waals surface area (Å²) in [6.07, 6.45) is 2.77. The molecule has 0 saturated heterocycles. The van der Waals surface area contributed by atoms with Gasteiger partial charge in [-0.1, -0.05) is 15.9 Å². The molecule has 0 bridgehead atoms. The van der Waals surface area contributed by atoms with Crippen LogP contribution in [0, 0.1) is 5.82 Å². The van der Waals surface area contributed by atoms with Gasteiger partial charge in [-0.2, -0.15) is 0 Å². The molecule has 0 aromatic heterocycles. The first kappa shape index (κ1) is 19.3. The number of amides is 1. The second-order valence-electron chi connectivity index (χ2n) is 4.64. The van der Waals surface area contributed by atoms with E-state index < -0.39 is 11.8 Å². The molecular weight excluding hydrogens is 369 g/mol. The second kappa shape index (κ2) is 10.1. The van der Waals surface area contributed by atoms with Crippen LogP contribution in [0.2, 0.25) is 0 Å². The van der Waals surface area contributed by atoms with Crippen LogP contribution < -0.4 is 0 Å². The van der Waals surface area contributed by atoms with E-state index in [1.165, 1.54) is 37.3 Å². The maximum absolute atomic E-state index is 13.6. The van der Waals surface area contributed by atoms with Crippen LogP contribution in [0.5, 0.6) is 0 Å². The van der Waals surface area contributed by atoms with Crippen molar-refractivity contribution in [3.05, 3.63) is 40.1 Å². The minimum atomic E-state index is -0.421. The van der Waals surface area contributed by atoms with Crippen molar-refractivity contribution in [2.24, 2.45) is 0 Å². The Labute approximate surface area is 143 Å². The average molecular weight is 388 g/mol. The van der Waals surface area contributed by atoms with Crippen LogP contribution in [0.4, 0.5) is 4.39 Å². The van der Waals surface area contributed by atoms with E-state index in [9.17, 15) is 14.0 Å². The van der Waals surface area contributed by atoms with Crippen molar-refractivity contribution in [1.82, 2.24) is 4.90 Å². The SMILES string of the molecule is COCCN(CCC(=O)OC)C(=O)/C=C/c1cc(Br)ccc1F. The molecule has 0 unspecified atom stereocenters. The van der Waals surface area contributed by atoms with Crippen molar-refractivity contribution in [1.29, 1.82) is 0 Å². The standard InChI is InChI=1S/C16H19BrFNO4/c1-22-10-9-19(8-7-16(21)23-2)15(20)6-3-12-11-13(17)4-5-14(12)18/h3-6,11H,7-10H2,1-2H3/b6-3+. The molecule has 0 aliphatic carbocycles. The van der Waals surface area contributed by atoms with Gasteiger partial charge in [0, 0.05) is 36.3 Å². The number of esters is 1. The molecule has 1 rings (SSSR count). The van der Waals surface area contributed by atoms with E-state index in [0.29, 0.717) is 23.2 Å². The topological polar surface area (TPSA) is 55.8 Å². The zero-order valence-electron chi connectivity index (χ0n) is 13.1. The second-order valence-corrected chi connectivity index (χ2v) is 5.56. The number of hydrogen-bond donors (Lipinski definition) is 0. The quantitative estimate of drug-likeness (QED) is 0.508. The lowest BCUT2D eigenvalue weighted by Gasteiger charge is -2.20. The number of rotatable bonds is 8. The number of nitrogens with zero attached hydrogens (tertiary/aromatic N) is 1. The lowest BCUT2D eigenvalue weighted by Crippen LogP contribution is -2.34. The molecule has 1 aromatic rings. The number of carbonyl (C=O) groups excluding carboxylic acids is 2. The molecule has 0 atom stereocenters.